The summed E-state index contributed by atoms with van der Waals surface area (Å²) in [6.07, 6.45) is 7.87. The molecule has 18 heavy (non-hydrogen) atoms. The van der Waals surface area contributed by atoms with Crippen LogP contribution in [0.5, 0.6) is 0 Å². The highest BCUT2D eigenvalue weighted by atomic mass is 32.1. The maximum absolute atomic E-state index is 4.47. The van der Waals surface area contributed by atoms with Crippen LogP contribution in [0.25, 0.3) is 0 Å². The number of hydrogen-bond acceptors (Lipinski definition) is 3. The first kappa shape index (κ1) is 11.9. The minimum absolute atomic E-state index is 0.474. The van der Waals surface area contributed by atoms with Gasteiger partial charge in [-0.2, -0.15) is 11.3 Å². The molecule has 2 heterocycles. The van der Waals surface area contributed by atoms with Gasteiger partial charge in [0.25, 0.3) is 0 Å². The van der Waals surface area contributed by atoms with Gasteiger partial charge < -0.3 is 9.88 Å². The van der Waals surface area contributed by atoms with Crippen LogP contribution in [0.15, 0.2) is 29.4 Å². The number of hydrogen-bond donors (Lipinski definition) is 1. The summed E-state index contributed by atoms with van der Waals surface area (Å²) in [7, 11) is 0. The summed E-state index contributed by atoms with van der Waals surface area (Å²) in [5.41, 5.74) is 2.57. The van der Waals surface area contributed by atoms with E-state index in [1.807, 2.05) is 6.33 Å². The lowest BCUT2D eigenvalue weighted by Gasteiger charge is -2.11. The Hall–Kier alpha value is -1.13. The summed E-state index contributed by atoms with van der Waals surface area (Å²) < 4.78 is 2.22. The molecule has 1 saturated carbocycles. The van der Waals surface area contributed by atoms with E-state index in [1.54, 1.807) is 11.3 Å². The Bertz CT molecular complexity index is 485. The minimum Gasteiger partial charge on any atom is -0.334 e. The maximum atomic E-state index is 4.47. The van der Waals surface area contributed by atoms with Crippen molar-refractivity contribution in [3.63, 3.8) is 0 Å². The van der Waals surface area contributed by atoms with Gasteiger partial charge in [0.05, 0.1) is 12.0 Å². The van der Waals surface area contributed by atoms with E-state index in [1.165, 1.54) is 18.4 Å². The summed E-state index contributed by atoms with van der Waals surface area (Å²) in [6, 6.07) is 3.42. The van der Waals surface area contributed by atoms with Crippen molar-refractivity contribution in [2.24, 2.45) is 0 Å². The van der Waals surface area contributed by atoms with E-state index < -0.39 is 0 Å². The standard InChI is InChI=1S/C14H19N3S/c1-11(6-12-4-5-18-9-12)17-8-14(16-10-17)7-15-13-2-3-13/h4-5,8-11,13,15H,2-3,6-7H2,1H3. The van der Waals surface area contributed by atoms with Gasteiger partial charge in [0.15, 0.2) is 0 Å². The van der Waals surface area contributed by atoms with E-state index in [0.29, 0.717) is 6.04 Å². The summed E-state index contributed by atoms with van der Waals surface area (Å²) >= 11 is 1.77. The lowest BCUT2D eigenvalue weighted by atomic mass is 10.1. The normalized spacial score (nSPS) is 16.9. The van der Waals surface area contributed by atoms with Gasteiger partial charge >= 0.3 is 0 Å². The highest BCUT2D eigenvalue weighted by molar-refractivity contribution is 7.07. The number of nitrogens with zero attached hydrogens (tertiary/aromatic N) is 2. The molecular formula is C14H19N3S. The van der Waals surface area contributed by atoms with Crippen LogP contribution >= 0.6 is 11.3 Å². The molecule has 0 bridgehead atoms. The molecule has 1 N–H and O–H groups in total. The van der Waals surface area contributed by atoms with Crippen LogP contribution in [0.3, 0.4) is 0 Å². The minimum atomic E-state index is 0.474. The lowest BCUT2D eigenvalue weighted by molar-refractivity contribution is 0.544. The molecule has 4 heteroatoms. The average Bonchev–Trinajstić information content (AvgIpc) is 2.88. The van der Waals surface area contributed by atoms with Crippen molar-refractivity contribution < 1.29 is 0 Å². The van der Waals surface area contributed by atoms with Crippen LogP contribution in [0, 0.1) is 0 Å². The van der Waals surface area contributed by atoms with E-state index in [9.17, 15) is 0 Å². The van der Waals surface area contributed by atoms with Crippen molar-refractivity contribution in [2.45, 2.75) is 44.8 Å². The molecule has 0 spiro atoms. The van der Waals surface area contributed by atoms with Gasteiger partial charge in [0, 0.05) is 24.8 Å². The number of nitrogens with one attached hydrogen (secondary N) is 1. The second kappa shape index (κ2) is 5.24. The summed E-state index contributed by atoms with van der Waals surface area (Å²) in [6.45, 7) is 3.15. The number of thiophene rings is 1. The molecule has 1 aliphatic rings. The third-order valence-electron chi connectivity index (χ3n) is 3.42. The predicted octanol–water partition coefficient (Wildman–Crippen LogP) is 3.00. The summed E-state index contributed by atoms with van der Waals surface area (Å²) in [4.78, 5) is 4.47. The molecule has 0 radical (unpaired) electrons. The van der Waals surface area contributed by atoms with Crippen LogP contribution in [-0.2, 0) is 13.0 Å². The zero-order chi connectivity index (χ0) is 12.4. The number of rotatable bonds is 6. The molecule has 96 valence electrons. The first-order chi connectivity index (χ1) is 8.81. The zero-order valence-electron chi connectivity index (χ0n) is 10.7. The highest BCUT2D eigenvalue weighted by Gasteiger charge is 2.20. The molecule has 1 aliphatic carbocycles. The second-order valence-electron chi connectivity index (χ2n) is 5.15. The molecule has 1 atom stereocenters. The molecule has 0 amide bonds. The zero-order valence-corrected chi connectivity index (χ0v) is 11.5. The van der Waals surface area contributed by atoms with Crippen molar-refractivity contribution in [1.82, 2.24) is 14.9 Å². The summed E-state index contributed by atoms with van der Waals surface area (Å²) in [5.74, 6) is 0. The largest absolute Gasteiger partial charge is 0.334 e. The predicted molar refractivity (Wildman–Crippen MR) is 74.8 cm³/mol. The van der Waals surface area contributed by atoms with E-state index in [2.05, 4.69) is 44.8 Å². The Morgan fingerprint density at radius 3 is 3.17 bits per heavy atom. The molecule has 0 aliphatic heterocycles. The maximum Gasteiger partial charge on any atom is 0.0952 e. The van der Waals surface area contributed by atoms with Gasteiger partial charge in [-0.05, 0) is 48.6 Å². The molecular weight excluding hydrogens is 242 g/mol. The van der Waals surface area contributed by atoms with Crippen molar-refractivity contribution in [3.8, 4) is 0 Å². The fourth-order valence-electron chi connectivity index (χ4n) is 2.10. The van der Waals surface area contributed by atoms with Crippen LogP contribution < -0.4 is 5.32 Å². The van der Waals surface area contributed by atoms with Gasteiger partial charge in [-0.1, -0.05) is 0 Å². The molecule has 0 aromatic carbocycles. The smallest absolute Gasteiger partial charge is 0.0952 e. The monoisotopic (exact) mass is 261 g/mol. The number of imidazole rings is 1. The highest BCUT2D eigenvalue weighted by Crippen LogP contribution is 2.20. The lowest BCUT2D eigenvalue weighted by Crippen LogP contribution is -2.15. The molecule has 2 aromatic rings. The molecule has 2 aromatic heterocycles. The first-order valence-corrected chi connectivity index (χ1v) is 7.52. The Balaban J connectivity index is 1.57. The van der Waals surface area contributed by atoms with Gasteiger partial charge in [-0.25, -0.2) is 4.98 Å². The van der Waals surface area contributed by atoms with Gasteiger partial charge in [-0.3, -0.25) is 0 Å². The van der Waals surface area contributed by atoms with Gasteiger partial charge in [-0.15, -0.1) is 0 Å². The third-order valence-corrected chi connectivity index (χ3v) is 4.16. The van der Waals surface area contributed by atoms with E-state index in [-0.39, 0.29) is 0 Å². The Labute approximate surface area is 112 Å². The molecule has 3 nitrogen and oxygen atoms in total. The summed E-state index contributed by atoms with van der Waals surface area (Å²) in [5, 5.41) is 7.86. The van der Waals surface area contributed by atoms with Crippen LogP contribution in [0.2, 0.25) is 0 Å². The first-order valence-electron chi connectivity index (χ1n) is 6.58. The van der Waals surface area contributed by atoms with E-state index >= 15 is 0 Å². The average molecular weight is 261 g/mol. The molecule has 0 saturated heterocycles. The quantitative estimate of drug-likeness (QED) is 0.866. The van der Waals surface area contributed by atoms with Gasteiger partial charge in [0.2, 0.25) is 0 Å². The fourth-order valence-corrected chi connectivity index (χ4v) is 2.79. The number of aromatic nitrogens is 2. The van der Waals surface area contributed by atoms with E-state index in [4.69, 9.17) is 0 Å². The Kier molecular flexibility index (Phi) is 3.48. The Morgan fingerprint density at radius 2 is 2.44 bits per heavy atom. The van der Waals surface area contributed by atoms with Crippen molar-refractivity contribution in [2.75, 3.05) is 0 Å². The third kappa shape index (κ3) is 3.00. The van der Waals surface area contributed by atoms with Crippen LogP contribution in [0.4, 0.5) is 0 Å². The van der Waals surface area contributed by atoms with Crippen LogP contribution in [-0.4, -0.2) is 15.6 Å². The topological polar surface area (TPSA) is 29.9 Å². The van der Waals surface area contributed by atoms with E-state index in [0.717, 1.165) is 24.7 Å². The van der Waals surface area contributed by atoms with Crippen molar-refractivity contribution >= 4 is 11.3 Å². The molecule has 3 rings (SSSR count). The van der Waals surface area contributed by atoms with Crippen molar-refractivity contribution in [3.05, 3.63) is 40.6 Å². The Morgan fingerprint density at radius 1 is 1.56 bits per heavy atom. The SMILES string of the molecule is CC(Cc1ccsc1)n1cnc(CNC2CC2)c1. The fraction of sp³-hybridized carbons (Fsp3) is 0.500. The molecule has 1 unspecified atom stereocenters. The second-order valence-corrected chi connectivity index (χ2v) is 5.93. The van der Waals surface area contributed by atoms with Crippen LogP contribution in [0.1, 0.15) is 37.1 Å². The molecule has 1 fully saturated rings. The van der Waals surface area contributed by atoms with Gasteiger partial charge in [0.1, 0.15) is 0 Å². The van der Waals surface area contributed by atoms with Crippen molar-refractivity contribution in [1.29, 1.82) is 0 Å².